The van der Waals surface area contributed by atoms with E-state index in [1.807, 2.05) is 13.8 Å². The zero-order valence-electron chi connectivity index (χ0n) is 9.34. The van der Waals surface area contributed by atoms with Gasteiger partial charge in [0.05, 0.1) is 11.2 Å². The number of fused-ring (bicyclic) bond motifs is 1. The van der Waals surface area contributed by atoms with Gasteiger partial charge in [-0.1, -0.05) is 6.92 Å². The molecule has 0 atom stereocenters. The molecule has 16 heavy (non-hydrogen) atoms. The van der Waals surface area contributed by atoms with Crippen LogP contribution in [-0.4, -0.2) is 4.98 Å². The maximum Gasteiger partial charge on any atom is 0.125 e. The predicted molar refractivity (Wildman–Crippen MR) is 63.6 cm³/mol. The lowest BCUT2D eigenvalue weighted by molar-refractivity contribution is 0.629. The number of halogens is 1. The van der Waals surface area contributed by atoms with E-state index >= 15 is 0 Å². The molecule has 1 aromatic carbocycles. The fraction of sp³-hybridized carbons (Fsp3) is 0.250. The predicted octanol–water partition coefficient (Wildman–Crippen LogP) is 2.53. The van der Waals surface area contributed by atoms with Crippen molar-refractivity contribution in [3.8, 4) is 0 Å². The molecule has 3 nitrogen and oxygen atoms in total. The average molecular weight is 219 g/mol. The third-order valence-electron chi connectivity index (χ3n) is 2.77. The summed E-state index contributed by atoms with van der Waals surface area (Å²) in [5.41, 5.74) is 6.08. The summed E-state index contributed by atoms with van der Waals surface area (Å²) in [5, 5.41) is 0.846. The smallest absolute Gasteiger partial charge is 0.125 e. The zero-order chi connectivity index (χ0) is 11.7. The van der Waals surface area contributed by atoms with Gasteiger partial charge in [0.15, 0.2) is 0 Å². The second kappa shape index (κ2) is 4.06. The number of nitrogens with one attached hydrogen (secondary N) is 1. The van der Waals surface area contributed by atoms with E-state index in [2.05, 4.69) is 10.4 Å². The van der Waals surface area contributed by atoms with Crippen molar-refractivity contribution in [2.24, 2.45) is 5.84 Å². The van der Waals surface area contributed by atoms with Crippen LogP contribution in [0.5, 0.6) is 0 Å². The van der Waals surface area contributed by atoms with Crippen LogP contribution in [0.2, 0.25) is 0 Å². The second-order valence-electron chi connectivity index (χ2n) is 3.72. The van der Waals surface area contributed by atoms with Crippen LogP contribution in [0.4, 0.5) is 10.1 Å². The van der Waals surface area contributed by atoms with E-state index in [4.69, 9.17) is 5.84 Å². The largest absolute Gasteiger partial charge is 0.323 e. The van der Waals surface area contributed by atoms with Gasteiger partial charge in [0, 0.05) is 17.1 Å². The Morgan fingerprint density at radius 2 is 2.19 bits per heavy atom. The molecule has 2 aromatic rings. The topological polar surface area (TPSA) is 50.9 Å². The molecule has 0 radical (unpaired) electrons. The zero-order valence-corrected chi connectivity index (χ0v) is 9.34. The molecule has 0 saturated heterocycles. The number of aryl methyl sites for hydroxylation is 1. The Hall–Kier alpha value is -1.68. The van der Waals surface area contributed by atoms with Gasteiger partial charge in [-0.25, -0.2) is 4.39 Å². The first kappa shape index (κ1) is 10.8. The van der Waals surface area contributed by atoms with Crippen molar-refractivity contribution in [2.45, 2.75) is 20.3 Å². The lowest BCUT2D eigenvalue weighted by Crippen LogP contribution is -2.11. The molecule has 0 amide bonds. The molecular formula is C12H14FN3. The molecule has 2 rings (SSSR count). The van der Waals surface area contributed by atoms with Crippen LogP contribution in [0, 0.1) is 12.7 Å². The standard InChI is InChI=1S/C12H14FN3/c1-3-10-7(2)12(16-14)9-5-4-8(13)6-11(9)15-10/h4-6H,3,14H2,1-2H3,(H,15,16). The van der Waals surface area contributed by atoms with E-state index in [1.165, 1.54) is 12.1 Å². The minimum Gasteiger partial charge on any atom is -0.323 e. The van der Waals surface area contributed by atoms with Crippen molar-refractivity contribution in [2.75, 3.05) is 5.43 Å². The van der Waals surface area contributed by atoms with Gasteiger partial charge in [0.1, 0.15) is 5.82 Å². The minimum absolute atomic E-state index is 0.283. The van der Waals surface area contributed by atoms with Crippen LogP contribution in [0.3, 0.4) is 0 Å². The summed E-state index contributed by atoms with van der Waals surface area (Å²) in [7, 11) is 0. The van der Waals surface area contributed by atoms with E-state index in [-0.39, 0.29) is 5.82 Å². The molecule has 84 valence electrons. The highest BCUT2D eigenvalue weighted by Gasteiger charge is 2.10. The van der Waals surface area contributed by atoms with Gasteiger partial charge in [-0.2, -0.15) is 0 Å². The summed E-state index contributed by atoms with van der Waals surface area (Å²) in [5.74, 6) is 5.22. The summed E-state index contributed by atoms with van der Waals surface area (Å²) < 4.78 is 13.1. The SMILES string of the molecule is CCc1nc2cc(F)ccc2c(NN)c1C. The number of rotatable bonds is 2. The molecule has 0 unspecified atom stereocenters. The Morgan fingerprint density at radius 1 is 1.44 bits per heavy atom. The van der Waals surface area contributed by atoms with Gasteiger partial charge < -0.3 is 5.43 Å². The van der Waals surface area contributed by atoms with Crippen molar-refractivity contribution in [3.05, 3.63) is 35.3 Å². The normalized spacial score (nSPS) is 10.8. The van der Waals surface area contributed by atoms with Crippen LogP contribution >= 0.6 is 0 Å². The first-order valence-corrected chi connectivity index (χ1v) is 5.22. The van der Waals surface area contributed by atoms with Crippen molar-refractivity contribution in [1.29, 1.82) is 0 Å². The fourth-order valence-electron chi connectivity index (χ4n) is 1.91. The van der Waals surface area contributed by atoms with Crippen molar-refractivity contribution in [3.63, 3.8) is 0 Å². The molecule has 0 aliphatic heterocycles. The number of hydrazine groups is 1. The molecule has 1 heterocycles. The third kappa shape index (κ3) is 1.61. The lowest BCUT2D eigenvalue weighted by Gasteiger charge is -2.12. The van der Waals surface area contributed by atoms with E-state index in [0.29, 0.717) is 5.52 Å². The monoisotopic (exact) mass is 219 g/mol. The number of pyridine rings is 1. The van der Waals surface area contributed by atoms with Gasteiger partial charge in [0.25, 0.3) is 0 Å². The fourth-order valence-corrected chi connectivity index (χ4v) is 1.91. The first-order chi connectivity index (χ1) is 7.67. The van der Waals surface area contributed by atoms with Crippen LogP contribution in [0.25, 0.3) is 10.9 Å². The van der Waals surface area contributed by atoms with Gasteiger partial charge in [-0.15, -0.1) is 0 Å². The minimum atomic E-state index is -0.283. The van der Waals surface area contributed by atoms with Crippen LogP contribution in [-0.2, 0) is 6.42 Å². The summed E-state index contributed by atoms with van der Waals surface area (Å²) >= 11 is 0. The summed E-state index contributed by atoms with van der Waals surface area (Å²) in [6.45, 7) is 3.98. The Kier molecular flexibility index (Phi) is 2.75. The van der Waals surface area contributed by atoms with E-state index in [0.717, 1.165) is 28.8 Å². The maximum atomic E-state index is 13.1. The molecule has 3 N–H and O–H groups in total. The van der Waals surface area contributed by atoms with Gasteiger partial charge in [-0.3, -0.25) is 10.8 Å². The third-order valence-corrected chi connectivity index (χ3v) is 2.77. The van der Waals surface area contributed by atoms with E-state index in [1.54, 1.807) is 6.07 Å². The molecule has 0 saturated carbocycles. The molecular weight excluding hydrogens is 205 g/mol. The Labute approximate surface area is 93.5 Å². The molecule has 1 aromatic heterocycles. The second-order valence-corrected chi connectivity index (χ2v) is 3.72. The lowest BCUT2D eigenvalue weighted by atomic mass is 10.1. The van der Waals surface area contributed by atoms with Crippen LogP contribution in [0.15, 0.2) is 18.2 Å². The highest BCUT2D eigenvalue weighted by Crippen LogP contribution is 2.27. The summed E-state index contributed by atoms with van der Waals surface area (Å²) in [6.07, 6.45) is 0.799. The number of nitrogen functional groups attached to an aromatic ring is 1. The van der Waals surface area contributed by atoms with Gasteiger partial charge >= 0.3 is 0 Å². The first-order valence-electron chi connectivity index (χ1n) is 5.22. The molecule has 0 aliphatic rings. The quantitative estimate of drug-likeness (QED) is 0.602. The highest BCUT2D eigenvalue weighted by atomic mass is 19.1. The number of benzene rings is 1. The van der Waals surface area contributed by atoms with Crippen LogP contribution in [0.1, 0.15) is 18.2 Å². The average Bonchev–Trinajstić information content (AvgIpc) is 2.28. The number of nitrogens with two attached hydrogens (primary N) is 1. The molecule has 4 heteroatoms. The molecule has 0 spiro atoms. The number of hydrogen-bond acceptors (Lipinski definition) is 3. The molecule has 0 fully saturated rings. The molecule has 0 bridgehead atoms. The Bertz CT molecular complexity index is 537. The van der Waals surface area contributed by atoms with Gasteiger partial charge in [0.2, 0.25) is 0 Å². The Balaban J connectivity index is 2.84. The van der Waals surface area contributed by atoms with E-state index < -0.39 is 0 Å². The van der Waals surface area contributed by atoms with Crippen molar-refractivity contribution < 1.29 is 4.39 Å². The Morgan fingerprint density at radius 3 is 2.81 bits per heavy atom. The number of anilines is 1. The number of nitrogens with zero attached hydrogens (tertiary/aromatic N) is 1. The van der Waals surface area contributed by atoms with Crippen molar-refractivity contribution in [1.82, 2.24) is 4.98 Å². The van der Waals surface area contributed by atoms with Crippen molar-refractivity contribution >= 4 is 16.6 Å². The summed E-state index contributed by atoms with van der Waals surface area (Å²) in [4.78, 5) is 4.43. The highest BCUT2D eigenvalue weighted by molar-refractivity contribution is 5.93. The maximum absolute atomic E-state index is 13.1. The van der Waals surface area contributed by atoms with Crippen LogP contribution < -0.4 is 11.3 Å². The number of aromatic nitrogens is 1. The van der Waals surface area contributed by atoms with E-state index in [9.17, 15) is 4.39 Å². The summed E-state index contributed by atoms with van der Waals surface area (Å²) in [6, 6.07) is 4.53. The van der Waals surface area contributed by atoms with Gasteiger partial charge in [-0.05, 0) is 31.0 Å². The number of hydrogen-bond donors (Lipinski definition) is 2. The molecule has 0 aliphatic carbocycles.